The summed E-state index contributed by atoms with van der Waals surface area (Å²) in [4.78, 5) is 11.6. The molecule has 1 fully saturated rings. The number of carbonyl (C=O) groups is 1. The highest BCUT2D eigenvalue weighted by Crippen LogP contribution is 2.45. The van der Waals surface area contributed by atoms with E-state index < -0.39 is 0 Å². The van der Waals surface area contributed by atoms with Gasteiger partial charge in [-0.1, -0.05) is 45.6 Å². The van der Waals surface area contributed by atoms with E-state index >= 15 is 0 Å². The number of hydrogen-bond donors (Lipinski definition) is 0. The largest absolute Gasteiger partial charge is 0.299 e. The van der Waals surface area contributed by atoms with Crippen molar-refractivity contribution in [2.75, 3.05) is 0 Å². The minimum Gasteiger partial charge on any atom is -0.299 e. The maximum atomic E-state index is 11.6. The average molecular weight is 208 g/mol. The molecule has 0 amide bonds. The molecule has 0 aromatic carbocycles. The molecule has 1 aliphatic rings. The first-order chi connectivity index (χ1) is 7.19. The van der Waals surface area contributed by atoms with Crippen LogP contribution in [0.15, 0.2) is 12.7 Å². The van der Waals surface area contributed by atoms with Crippen LogP contribution in [0.25, 0.3) is 0 Å². The van der Waals surface area contributed by atoms with Gasteiger partial charge in [-0.3, -0.25) is 4.79 Å². The molecular weight excluding hydrogens is 184 g/mol. The summed E-state index contributed by atoms with van der Waals surface area (Å²) < 4.78 is 0. The van der Waals surface area contributed by atoms with E-state index in [0.717, 1.165) is 12.3 Å². The zero-order valence-corrected chi connectivity index (χ0v) is 10.2. The van der Waals surface area contributed by atoms with Gasteiger partial charge in [0.2, 0.25) is 0 Å². The first-order valence-electron chi connectivity index (χ1n) is 6.34. The SMILES string of the molecule is C=CC(C)C(=O)CC1CC1CCCCC. The van der Waals surface area contributed by atoms with Crippen LogP contribution in [0.3, 0.4) is 0 Å². The van der Waals surface area contributed by atoms with Crippen LogP contribution in [-0.4, -0.2) is 5.78 Å². The first-order valence-corrected chi connectivity index (χ1v) is 6.34. The van der Waals surface area contributed by atoms with Gasteiger partial charge >= 0.3 is 0 Å². The minimum absolute atomic E-state index is 0.0573. The summed E-state index contributed by atoms with van der Waals surface area (Å²) in [6.07, 6.45) is 9.18. The third kappa shape index (κ3) is 4.19. The third-order valence-electron chi connectivity index (χ3n) is 3.57. The molecule has 3 unspecified atom stereocenters. The van der Waals surface area contributed by atoms with Crippen molar-refractivity contribution in [3.05, 3.63) is 12.7 Å². The maximum Gasteiger partial charge on any atom is 0.139 e. The Morgan fingerprint density at radius 2 is 2.20 bits per heavy atom. The Labute approximate surface area is 93.9 Å². The number of hydrogen-bond acceptors (Lipinski definition) is 1. The Balaban J connectivity index is 2.10. The Bertz CT molecular complexity index is 219. The topological polar surface area (TPSA) is 17.1 Å². The number of carbonyl (C=O) groups excluding carboxylic acids is 1. The van der Waals surface area contributed by atoms with Crippen molar-refractivity contribution in [1.29, 1.82) is 0 Å². The molecule has 1 saturated carbocycles. The van der Waals surface area contributed by atoms with Gasteiger partial charge in [0.25, 0.3) is 0 Å². The second-order valence-electron chi connectivity index (χ2n) is 4.95. The number of allylic oxidation sites excluding steroid dienone is 1. The van der Waals surface area contributed by atoms with Crippen molar-refractivity contribution in [3.8, 4) is 0 Å². The molecule has 0 aromatic rings. The Hall–Kier alpha value is -0.590. The highest BCUT2D eigenvalue weighted by molar-refractivity contribution is 5.82. The van der Waals surface area contributed by atoms with Crippen LogP contribution in [0.1, 0.15) is 52.4 Å². The fraction of sp³-hybridized carbons (Fsp3) is 0.786. The van der Waals surface area contributed by atoms with Crippen molar-refractivity contribution in [3.63, 3.8) is 0 Å². The van der Waals surface area contributed by atoms with Crippen LogP contribution < -0.4 is 0 Å². The fourth-order valence-corrected chi connectivity index (χ4v) is 2.15. The molecule has 1 rings (SSSR count). The van der Waals surface area contributed by atoms with Gasteiger partial charge in [0, 0.05) is 12.3 Å². The molecular formula is C14H24O. The van der Waals surface area contributed by atoms with Gasteiger partial charge in [-0.25, -0.2) is 0 Å². The summed E-state index contributed by atoms with van der Waals surface area (Å²) in [5, 5.41) is 0. The highest BCUT2D eigenvalue weighted by atomic mass is 16.1. The van der Waals surface area contributed by atoms with E-state index in [1.807, 2.05) is 6.92 Å². The summed E-state index contributed by atoms with van der Waals surface area (Å²) in [6.45, 7) is 7.85. The van der Waals surface area contributed by atoms with Gasteiger partial charge in [0.1, 0.15) is 5.78 Å². The molecule has 15 heavy (non-hydrogen) atoms. The Kier molecular flexibility index (Phi) is 5.07. The molecule has 0 spiro atoms. The molecule has 1 heteroatoms. The summed E-state index contributed by atoms with van der Waals surface area (Å²) in [5.74, 6) is 2.00. The number of Topliss-reactive ketones (excluding diaryl/α,β-unsaturated/α-hetero) is 1. The zero-order valence-electron chi connectivity index (χ0n) is 10.2. The van der Waals surface area contributed by atoms with E-state index in [4.69, 9.17) is 0 Å². The highest BCUT2D eigenvalue weighted by Gasteiger charge is 2.37. The second-order valence-corrected chi connectivity index (χ2v) is 4.95. The molecule has 0 aliphatic heterocycles. The van der Waals surface area contributed by atoms with Crippen molar-refractivity contribution >= 4 is 5.78 Å². The van der Waals surface area contributed by atoms with Gasteiger partial charge in [-0.15, -0.1) is 6.58 Å². The van der Waals surface area contributed by atoms with E-state index in [-0.39, 0.29) is 5.92 Å². The van der Waals surface area contributed by atoms with Gasteiger partial charge in [-0.2, -0.15) is 0 Å². The Morgan fingerprint density at radius 3 is 2.80 bits per heavy atom. The van der Waals surface area contributed by atoms with E-state index in [2.05, 4.69) is 13.5 Å². The van der Waals surface area contributed by atoms with Crippen LogP contribution in [0.5, 0.6) is 0 Å². The van der Waals surface area contributed by atoms with E-state index in [9.17, 15) is 4.79 Å². The summed E-state index contributed by atoms with van der Waals surface area (Å²) in [7, 11) is 0. The molecule has 0 bridgehead atoms. The quantitative estimate of drug-likeness (QED) is 0.435. The lowest BCUT2D eigenvalue weighted by Gasteiger charge is -2.04. The predicted molar refractivity (Wildman–Crippen MR) is 64.7 cm³/mol. The standard InChI is InChI=1S/C14H24O/c1-4-6-7-8-12-9-13(12)10-14(15)11(3)5-2/h5,11-13H,2,4,6-10H2,1,3H3. The van der Waals surface area contributed by atoms with Gasteiger partial charge in [0.05, 0.1) is 0 Å². The summed E-state index contributed by atoms with van der Waals surface area (Å²) in [5.41, 5.74) is 0. The first kappa shape index (κ1) is 12.5. The van der Waals surface area contributed by atoms with E-state index in [1.165, 1.54) is 32.1 Å². The van der Waals surface area contributed by atoms with Crippen LogP contribution >= 0.6 is 0 Å². The number of unbranched alkanes of at least 4 members (excludes halogenated alkanes) is 2. The molecule has 0 aromatic heterocycles. The molecule has 0 heterocycles. The lowest BCUT2D eigenvalue weighted by atomic mass is 10.0. The lowest BCUT2D eigenvalue weighted by Crippen LogP contribution is -2.09. The normalized spacial score (nSPS) is 26.0. The predicted octanol–water partition coefficient (Wildman–Crippen LogP) is 3.98. The van der Waals surface area contributed by atoms with Crippen molar-refractivity contribution in [2.45, 2.75) is 52.4 Å². The van der Waals surface area contributed by atoms with Crippen LogP contribution in [0, 0.1) is 17.8 Å². The number of rotatable bonds is 8. The van der Waals surface area contributed by atoms with E-state index in [1.54, 1.807) is 6.08 Å². The van der Waals surface area contributed by atoms with Crippen LogP contribution in [0.2, 0.25) is 0 Å². The Morgan fingerprint density at radius 1 is 1.47 bits per heavy atom. The van der Waals surface area contributed by atoms with Crippen LogP contribution in [0.4, 0.5) is 0 Å². The maximum absolute atomic E-state index is 11.6. The minimum atomic E-state index is 0.0573. The molecule has 0 saturated heterocycles. The second kappa shape index (κ2) is 6.09. The van der Waals surface area contributed by atoms with Crippen molar-refractivity contribution in [1.82, 2.24) is 0 Å². The summed E-state index contributed by atoms with van der Waals surface area (Å²) in [6, 6.07) is 0. The number of ketones is 1. The van der Waals surface area contributed by atoms with Crippen molar-refractivity contribution in [2.24, 2.45) is 17.8 Å². The van der Waals surface area contributed by atoms with Gasteiger partial charge in [-0.05, 0) is 18.3 Å². The summed E-state index contributed by atoms with van der Waals surface area (Å²) >= 11 is 0. The van der Waals surface area contributed by atoms with Gasteiger partial charge in [0.15, 0.2) is 0 Å². The molecule has 0 N–H and O–H groups in total. The molecule has 1 aliphatic carbocycles. The lowest BCUT2D eigenvalue weighted by molar-refractivity contribution is -0.121. The monoisotopic (exact) mass is 208 g/mol. The smallest absolute Gasteiger partial charge is 0.139 e. The van der Waals surface area contributed by atoms with E-state index in [0.29, 0.717) is 11.7 Å². The molecule has 86 valence electrons. The van der Waals surface area contributed by atoms with Gasteiger partial charge < -0.3 is 0 Å². The average Bonchev–Trinajstić information content (AvgIpc) is 2.96. The van der Waals surface area contributed by atoms with Crippen LogP contribution in [-0.2, 0) is 4.79 Å². The molecule has 3 atom stereocenters. The zero-order chi connectivity index (χ0) is 11.3. The molecule has 0 radical (unpaired) electrons. The third-order valence-corrected chi connectivity index (χ3v) is 3.57. The molecule has 1 nitrogen and oxygen atoms in total. The van der Waals surface area contributed by atoms with Crippen molar-refractivity contribution < 1.29 is 4.79 Å². The fourth-order valence-electron chi connectivity index (χ4n) is 2.15.